The number of benzene rings is 1. The minimum absolute atomic E-state index is 0.0548. The first-order valence-electron chi connectivity index (χ1n) is 6.70. The average molecular weight is 248 g/mol. The van der Waals surface area contributed by atoms with Crippen molar-refractivity contribution < 1.29 is 9.53 Å². The highest BCUT2D eigenvalue weighted by atomic mass is 16.5. The predicted molar refractivity (Wildman–Crippen MR) is 75.1 cm³/mol. The number of ether oxygens (including phenoxy) is 1. The molecule has 1 aromatic carbocycles. The van der Waals surface area contributed by atoms with E-state index in [0.717, 1.165) is 18.4 Å². The Morgan fingerprint density at radius 2 is 1.78 bits per heavy atom. The molecule has 0 fully saturated rings. The first-order valence-corrected chi connectivity index (χ1v) is 6.70. The lowest BCUT2D eigenvalue weighted by molar-refractivity contribution is -0.0517. The van der Waals surface area contributed by atoms with E-state index in [-0.39, 0.29) is 11.4 Å². The molecule has 18 heavy (non-hydrogen) atoms. The van der Waals surface area contributed by atoms with Gasteiger partial charge in [0.15, 0.2) is 5.78 Å². The minimum Gasteiger partial charge on any atom is -0.364 e. The van der Waals surface area contributed by atoms with Crippen LogP contribution in [0.4, 0.5) is 0 Å². The Bertz CT molecular complexity index is 390. The Hall–Kier alpha value is -1.15. The zero-order valence-corrected chi connectivity index (χ0v) is 12.1. The molecule has 1 aromatic rings. The molecule has 0 aliphatic rings. The summed E-state index contributed by atoms with van der Waals surface area (Å²) in [5, 5.41) is 0. The monoisotopic (exact) mass is 248 g/mol. The Balaban J connectivity index is 2.74. The quantitative estimate of drug-likeness (QED) is 0.711. The summed E-state index contributed by atoms with van der Waals surface area (Å²) in [6.45, 7) is 10.0. The summed E-state index contributed by atoms with van der Waals surface area (Å²) in [4.78, 5) is 12.2. The van der Waals surface area contributed by atoms with Crippen molar-refractivity contribution in [1.29, 1.82) is 0 Å². The van der Waals surface area contributed by atoms with Crippen LogP contribution in [0.25, 0.3) is 0 Å². The van der Waals surface area contributed by atoms with Gasteiger partial charge < -0.3 is 4.74 Å². The zero-order valence-electron chi connectivity index (χ0n) is 12.1. The van der Waals surface area contributed by atoms with E-state index >= 15 is 0 Å². The minimum atomic E-state index is -0.396. The van der Waals surface area contributed by atoms with Gasteiger partial charge in [0.25, 0.3) is 0 Å². The van der Waals surface area contributed by atoms with E-state index in [9.17, 15) is 4.79 Å². The molecule has 0 N–H and O–H groups in total. The summed E-state index contributed by atoms with van der Waals surface area (Å²) in [5.74, 6) is 0.0548. The van der Waals surface area contributed by atoms with Crippen LogP contribution in [0.1, 0.15) is 57.0 Å². The van der Waals surface area contributed by atoms with E-state index in [1.165, 1.54) is 5.56 Å². The lowest BCUT2D eigenvalue weighted by atomic mass is 10.0. The van der Waals surface area contributed by atoms with Crippen molar-refractivity contribution in [2.75, 3.05) is 0 Å². The molecule has 1 unspecified atom stereocenters. The fourth-order valence-corrected chi connectivity index (χ4v) is 1.75. The van der Waals surface area contributed by atoms with Crippen molar-refractivity contribution in [2.24, 2.45) is 0 Å². The van der Waals surface area contributed by atoms with Gasteiger partial charge in [0.2, 0.25) is 0 Å². The molecule has 0 aliphatic heterocycles. The van der Waals surface area contributed by atoms with Crippen LogP contribution in [0.3, 0.4) is 0 Å². The molecule has 0 saturated heterocycles. The molecule has 0 radical (unpaired) electrons. The molecule has 0 spiro atoms. The van der Waals surface area contributed by atoms with Crippen LogP contribution in [-0.2, 0) is 11.2 Å². The predicted octanol–water partition coefficient (Wildman–Crippen LogP) is 4.03. The summed E-state index contributed by atoms with van der Waals surface area (Å²) >= 11 is 0. The third-order valence-electron chi connectivity index (χ3n) is 3.36. The second-order valence-electron chi connectivity index (χ2n) is 5.29. The van der Waals surface area contributed by atoms with Crippen molar-refractivity contribution in [1.82, 2.24) is 0 Å². The van der Waals surface area contributed by atoms with Gasteiger partial charge in [-0.1, -0.05) is 38.1 Å². The van der Waals surface area contributed by atoms with Gasteiger partial charge in [-0.3, -0.25) is 4.79 Å². The Kier molecular flexibility index (Phi) is 5.09. The summed E-state index contributed by atoms with van der Waals surface area (Å²) in [7, 11) is 0. The molecule has 1 atom stereocenters. The van der Waals surface area contributed by atoms with Gasteiger partial charge in [0, 0.05) is 5.56 Å². The zero-order chi connectivity index (χ0) is 13.8. The summed E-state index contributed by atoms with van der Waals surface area (Å²) in [6, 6.07) is 7.79. The Morgan fingerprint density at radius 1 is 1.22 bits per heavy atom. The number of carbonyl (C=O) groups excluding carboxylic acids is 1. The third kappa shape index (κ3) is 3.95. The van der Waals surface area contributed by atoms with Crippen LogP contribution < -0.4 is 0 Å². The van der Waals surface area contributed by atoms with Crippen LogP contribution in [0.15, 0.2) is 24.3 Å². The van der Waals surface area contributed by atoms with E-state index in [0.29, 0.717) is 0 Å². The SMILES string of the molecule is CCc1ccc(C(=O)C(C)OC(C)(C)CC)cc1. The van der Waals surface area contributed by atoms with E-state index in [1.807, 2.05) is 45.0 Å². The molecule has 0 aliphatic carbocycles. The number of rotatable bonds is 6. The molecule has 1 rings (SSSR count). The van der Waals surface area contributed by atoms with Gasteiger partial charge in [-0.05, 0) is 39.2 Å². The maximum absolute atomic E-state index is 12.2. The van der Waals surface area contributed by atoms with E-state index in [1.54, 1.807) is 0 Å². The van der Waals surface area contributed by atoms with Gasteiger partial charge in [0.1, 0.15) is 6.10 Å². The second-order valence-corrected chi connectivity index (χ2v) is 5.29. The van der Waals surface area contributed by atoms with Crippen LogP contribution >= 0.6 is 0 Å². The van der Waals surface area contributed by atoms with E-state index in [2.05, 4.69) is 13.8 Å². The molecular weight excluding hydrogens is 224 g/mol. The van der Waals surface area contributed by atoms with Gasteiger partial charge >= 0.3 is 0 Å². The molecule has 0 aromatic heterocycles. The van der Waals surface area contributed by atoms with E-state index < -0.39 is 6.10 Å². The number of carbonyl (C=O) groups is 1. The van der Waals surface area contributed by atoms with Gasteiger partial charge in [-0.15, -0.1) is 0 Å². The smallest absolute Gasteiger partial charge is 0.191 e. The molecule has 0 bridgehead atoms. The van der Waals surface area contributed by atoms with Crippen molar-refractivity contribution >= 4 is 5.78 Å². The summed E-state index contributed by atoms with van der Waals surface area (Å²) in [6.07, 6.45) is 1.48. The lowest BCUT2D eigenvalue weighted by Gasteiger charge is -2.27. The highest BCUT2D eigenvalue weighted by Crippen LogP contribution is 2.18. The molecule has 0 saturated carbocycles. The van der Waals surface area contributed by atoms with Gasteiger partial charge in [-0.25, -0.2) is 0 Å². The van der Waals surface area contributed by atoms with Crippen molar-refractivity contribution in [3.8, 4) is 0 Å². The van der Waals surface area contributed by atoms with Crippen molar-refractivity contribution in [3.63, 3.8) is 0 Å². The lowest BCUT2D eigenvalue weighted by Crippen LogP contribution is -2.33. The van der Waals surface area contributed by atoms with Gasteiger partial charge in [0.05, 0.1) is 5.60 Å². The summed E-state index contributed by atoms with van der Waals surface area (Å²) < 4.78 is 5.81. The molecule has 0 amide bonds. The van der Waals surface area contributed by atoms with Crippen LogP contribution in [-0.4, -0.2) is 17.5 Å². The number of hydrogen-bond donors (Lipinski definition) is 0. The molecule has 2 heteroatoms. The largest absolute Gasteiger partial charge is 0.364 e. The fraction of sp³-hybridized carbons (Fsp3) is 0.562. The van der Waals surface area contributed by atoms with Gasteiger partial charge in [-0.2, -0.15) is 0 Å². The van der Waals surface area contributed by atoms with Crippen molar-refractivity contribution in [2.45, 2.75) is 59.2 Å². The standard InChI is InChI=1S/C16H24O2/c1-6-13-8-10-14(11-9-13)15(17)12(3)18-16(4,5)7-2/h8-12H,6-7H2,1-5H3. The topological polar surface area (TPSA) is 26.3 Å². The molecule has 100 valence electrons. The van der Waals surface area contributed by atoms with Crippen LogP contribution in [0, 0.1) is 0 Å². The number of aryl methyl sites for hydroxylation is 1. The van der Waals surface area contributed by atoms with E-state index in [4.69, 9.17) is 4.74 Å². The maximum atomic E-state index is 12.2. The molecule has 0 heterocycles. The molecule has 2 nitrogen and oxygen atoms in total. The Labute approximate surface area is 110 Å². The first-order chi connectivity index (χ1) is 8.39. The van der Waals surface area contributed by atoms with Crippen LogP contribution in [0.5, 0.6) is 0 Å². The van der Waals surface area contributed by atoms with Crippen molar-refractivity contribution in [3.05, 3.63) is 35.4 Å². The number of hydrogen-bond acceptors (Lipinski definition) is 2. The highest BCUT2D eigenvalue weighted by Gasteiger charge is 2.24. The summed E-state index contributed by atoms with van der Waals surface area (Å²) in [5.41, 5.74) is 1.72. The maximum Gasteiger partial charge on any atom is 0.191 e. The average Bonchev–Trinajstić information content (AvgIpc) is 2.37. The number of ketones is 1. The highest BCUT2D eigenvalue weighted by molar-refractivity contribution is 5.99. The normalized spacial score (nSPS) is 13.4. The second kappa shape index (κ2) is 6.14. The fourth-order valence-electron chi connectivity index (χ4n) is 1.75. The van der Waals surface area contributed by atoms with Crippen LogP contribution in [0.2, 0.25) is 0 Å². The number of Topliss-reactive ketones (excluding diaryl/α,β-unsaturated/α-hetero) is 1. The Morgan fingerprint density at radius 3 is 2.22 bits per heavy atom. The first kappa shape index (κ1) is 14.9. The molecular formula is C16H24O2. The third-order valence-corrected chi connectivity index (χ3v) is 3.36.